The van der Waals surface area contributed by atoms with E-state index in [4.69, 9.17) is 14.9 Å². The van der Waals surface area contributed by atoms with E-state index >= 15 is 0 Å². The van der Waals surface area contributed by atoms with Gasteiger partial charge in [0.25, 0.3) is 5.91 Å². The zero-order valence-electron chi connectivity index (χ0n) is 10.9. The maximum atomic E-state index is 11.9. The first-order chi connectivity index (χ1) is 9.20. The lowest BCUT2D eigenvalue weighted by Crippen LogP contribution is -2.24. The molecule has 0 atom stereocenters. The van der Waals surface area contributed by atoms with Crippen LogP contribution in [0.3, 0.4) is 0 Å². The van der Waals surface area contributed by atoms with Gasteiger partial charge in [0.15, 0.2) is 5.76 Å². The summed E-state index contributed by atoms with van der Waals surface area (Å²) < 4.78 is 10.7. The van der Waals surface area contributed by atoms with Gasteiger partial charge in [0.2, 0.25) is 0 Å². The molecule has 0 spiro atoms. The van der Waals surface area contributed by atoms with Gasteiger partial charge >= 0.3 is 0 Å². The molecule has 3 N–H and O–H groups in total. The van der Waals surface area contributed by atoms with Gasteiger partial charge < -0.3 is 20.2 Å². The second-order valence-electron chi connectivity index (χ2n) is 4.21. The van der Waals surface area contributed by atoms with Crippen LogP contribution in [0.1, 0.15) is 23.9 Å². The molecule has 2 rings (SSSR count). The predicted octanol–water partition coefficient (Wildman–Crippen LogP) is 2.17. The number of carbonyl (C=O) groups excluding carboxylic acids is 1. The third-order valence-electron chi connectivity index (χ3n) is 2.72. The molecule has 0 aliphatic heterocycles. The van der Waals surface area contributed by atoms with Crippen molar-refractivity contribution in [3.05, 3.63) is 30.0 Å². The third kappa shape index (κ3) is 3.48. The number of hydrogen-bond acceptors (Lipinski definition) is 4. The first kappa shape index (κ1) is 13.4. The molecule has 1 aromatic carbocycles. The van der Waals surface area contributed by atoms with Crippen molar-refractivity contribution >= 4 is 22.6 Å². The summed E-state index contributed by atoms with van der Waals surface area (Å²) in [5.74, 6) is 0.0864. The molecular formula is C14H18N2O3. The van der Waals surface area contributed by atoms with Crippen molar-refractivity contribution in [2.75, 3.05) is 25.5 Å². The van der Waals surface area contributed by atoms with Crippen LogP contribution in [0.15, 0.2) is 28.7 Å². The highest BCUT2D eigenvalue weighted by Crippen LogP contribution is 2.21. The van der Waals surface area contributed by atoms with E-state index in [0.717, 1.165) is 11.8 Å². The molecule has 0 radical (unpaired) electrons. The highest BCUT2D eigenvalue weighted by molar-refractivity contribution is 5.96. The standard InChI is InChI=1S/C14H18N2O3/c1-2-18-7-3-6-16-14(17)13-9-10-8-11(15)4-5-12(10)19-13/h4-5,8-9H,2-3,6-7,15H2,1H3,(H,16,17). The summed E-state index contributed by atoms with van der Waals surface area (Å²) >= 11 is 0. The summed E-state index contributed by atoms with van der Waals surface area (Å²) in [5.41, 5.74) is 6.99. The number of ether oxygens (including phenoxy) is 1. The molecule has 1 amide bonds. The van der Waals surface area contributed by atoms with Gasteiger partial charge in [-0.15, -0.1) is 0 Å². The van der Waals surface area contributed by atoms with Gasteiger partial charge in [-0.25, -0.2) is 0 Å². The van der Waals surface area contributed by atoms with Gasteiger partial charge in [-0.05, 0) is 37.6 Å². The smallest absolute Gasteiger partial charge is 0.287 e. The molecule has 0 saturated heterocycles. The molecule has 0 fully saturated rings. The maximum Gasteiger partial charge on any atom is 0.287 e. The maximum absolute atomic E-state index is 11.9. The SMILES string of the molecule is CCOCCCNC(=O)c1cc2cc(N)ccc2o1. The number of hydrogen-bond donors (Lipinski definition) is 2. The van der Waals surface area contributed by atoms with Gasteiger partial charge in [0.1, 0.15) is 5.58 Å². The van der Waals surface area contributed by atoms with E-state index in [2.05, 4.69) is 5.32 Å². The van der Waals surface area contributed by atoms with Gasteiger partial charge in [0, 0.05) is 30.8 Å². The molecule has 5 nitrogen and oxygen atoms in total. The van der Waals surface area contributed by atoms with E-state index in [0.29, 0.717) is 36.8 Å². The molecular weight excluding hydrogens is 244 g/mol. The Morgan fingerprint density at radius 1 is 1.42 bits per heavy atom. The zero-order valence-corrected chi connectivity index (χ0v) is 10.9. The Kier molecular flexibility index (Phi) is 4.41. The third-order valence-corrected chi connectivity index (χ3v) is 2.72. The molecule has 0 saturated carbocycles. The molecule has 19 heavy (non-hydrogen) atoms. The number of nitrogens with one attached hydrogen (secondary N) is 1. The summed E-state index contributed by atoms with van der Waals surface area (Å²) in [7, 11) is 0. The lowest BCUT2D eigenvalue weighted by molar-refractivity contribution is 0.0919. The second kappa shape index (κ2) is 6.24. The van der Waals surface area contributed by atoms with E-state index in [1.54, 1.807) is 24.3 Å². The average Bonchev–Trinajstić information content (AvgIpc) is 2.81. The van der Waals surface area contributed by atoms with E-state index in [-0.39, 0.29) is 5.91 Å². The van der Waals surface area contributed by atoms with Crippen molar-refractivity contribution in [2.45, 2.75) is 13.3 Å². The number of fused-ring (bicyclic) bond motifs is 1. The molecule has 102 valence electrons. The van der Waals surface area contributed by atoms with Crippen LogP contribution < -0.4 is 11.1 Å². The molecule has 2 aromatic rings. The number of amides is 1. The number of nitrogen functional groups attached to an aromatic ring is 1. The quantitative estimate of drug-likeness (QED) is 0.618. The van der Waals surface area contributed by atoms with Crippen molar-refractivity contribution in [3.63, 3.8) is 0 Å². The van der Waals surface area contributed by atoms with Crippen LogP contribution in [-0.2, 0) is 4.74 Å². The summed E-state index contributed by atoms with van der Waals surface area (Å²) in [6.07, 6.45) is 0.784. The van der Waals surface area contributed by atoms with Crippen LogP contribution in [0, 0.1) is 0 Å². The largest absolute Gasteiger partial charge is 0.451 e. The Balaban J connectivity index is 1.94. The van der Waals surface area contributed by atoms with Crippen molar-refractivity contribution in [1.82, 2.24) is 5.32 Å². The summed E-state index contributed by atoms with van der Waals surface area (Å²) in [4.78, 5) is 11.9. The second-order valence-corrected chi connectivity index (χ2v) is 4.21. The lowest BCUT2D eigenvalue weighted by atomic mass is 10.2. The summed E-state index contributed by atoms with van der Waals surface area (Å²) in [6, 6.07) is 6.99. The van der Waals surface area contributed by atoms with Crippen LogP contribution in [0.5, 0.6) is 0 Å². The predicted molar refractivity (Wildman–Crippen MR) is 74.1 cm³/mol. The van der Waals surface area contributed by atoms with Gasteiger partial charge in [-0.1, -0.05) is 0 Å². The number of benzene rings is 1. The molecule has 0 unspecified atom stereocenters. The molecule has 0 bridgehead atoms. The molecule has 1 heterocycles. The van der Waals surface area contributed by atoms with E-state index in [1.807, 2.05) is 6.92 Å². The Morgan fingerprint density at radius 3 is 3.05 bits per heavy atom. The Labute approximate surface area is 111 Å². The fraction of sp³-hybridized carbons (Fsp3) is 0.357. The van der Waals surface area contributed by atoms with Crippen LogP contribution in [0.4, 0.5) is 5.69 Å². The highest BCUT2D eigenvalue weighted by Gasteiger charge is 2.11. The van der Waals surface area contributed by atoms with Crippen LogP contribution in [-0.4, -0.2) is 25.7 Å². The number of furan rings is 1. The van der Waals surface area contributed by atoms with Crippen molar-refractivity contribution < 1.29 is 13.9 Å². The minimum absolute atomic E-state index is 0.216. The number of anilines is 1. The Hall–Kier alpha value is -2.01. The van der Waals surface area contributed by atoms with Crippen LogP contribution in [0.25, 0.3) is 11.0 Å². The summed E-state index contributed by atoms with van der Waals surface area (Å²) in [6.45, 7) is 3.85. The first-order valence-electron chi connectivity index (χ1n) is 6.35. The van der Waals surface area contributed by atoms with Crippen molar-refractivity contribution in [1.29, 1.82) is 0 Å². The molecule has 0 aliphatic rings. The van der Waals surface area contributed by atoms with Crippen molar-refractivity contribution in [3.8, 4) is 0 Å². The normalized spacial score (nSPS) is 10.8. The lowest BCUT2D eigenvalue weighted by Gasteiger charge is -2.02. The highest BCUT2D eigenvalue weighted by atomic mass is 16.5. The van der Waals surface area contributed by atoms with Crippen LogP contribution >= 0.6 is 0 Å². The number of carbonyl (C=O) groups is 1. The van der Waals surface area contributed by atoms with Gasteiger partial charge in [0.05, 0.1) is 0 Å². The molecule has 0 aliphatic carbocycles. The minimum Gasteiger partial charge on any atom is -0.451 e. The number of nitrogens with two attached hydrogens (primary N) is 1. The van der Waals surface area contributed by atoms with E-state index in [9.17, 15) is 4.79 Å². The van der Waals surface area contributed by atoms with E-state index in [1.165, 1.54) is 0 Å². The minimum atomic E-state index is -0.216. The Bertz CT molecular complexity index is 563. The van der Waals surface area contributed by atoms with Crippen LogP contribution in [0.2, 0.25) is 0 Å². The first-order valence-corrected chi connectivity index (χ1v) is 6.35. The molecule has 5 heteroatoms. The van der Waals surface area contributed by atoms with Gasteiger partial charge in [-0.2, -0.15) is 0 Å². The fourth-order valence-electron chi connectivity index (χ4n) is 1.78. The zero-order chi connectivity index (χ0) is 13.7. The van der Waals surface area contributed by atoms with Crippen molar-refractivity contribution in [2.24, 2.45) is 0 Å². The monoisotopic (exact) mass is 262 g/mol. The summed E-state index contributed by atoms with van der Waals surface area (Å²) in [5, 5.41) is 3.62. The topological polar surface area (TPSA) is 77.5 Å². The average molecular weight is 262 g/mol. The van der Waals surface area contributed by atoms with E-state index < -0.39 is 0 Å². The Morgan fingerprint density at radius 2 is 2.26 bits per heavy atom. The fourth-order valence-corrected chi connectivity index (χ4v) is 1.78. The number of rotatable bonds is 6. The van der Waals surface area contributed by atoms with Gasteiger partial charge in [-0.3, -0.25) is 4.79 Å². The molecule has 1 aromatic heterocycles.